The van der Waals surface area contributed by atoms with Crippen LogP contribution in [-0.2, 0) is 5.41 Å². The summed E-state index contributed by atoms with van der Waals surface area (Å²) in [5, 5.41) is 3.49. The number of hydrogen-bond donors (Lipinski definition) is 0. The van der Waals surface area contributed by atoms with E-state index in [1.54, 1.807) is 0 Å². The number of aromatic nitrogens is 4. The summed E-state index contributed by atoms with van der Waals surface area (Å²) in [7, 11) is 0. The molecule has 4 aromatic carbocycles. The van der Waals surface area contributed by atoms with Crippen LogP contribution < -0.4 is 0 Å². The molecule has 0 fully saturated rings. The lowest BCUT2D eigenvalue weighted by Gasteiger charge is -2.29. The van der Waals surface area contributed by atoms with Crippen molar-refractivity contribution in [1.82, 2.24) is 19.1 Å². The summed E-state index contributed by atoms with van der Waals surface area (Å²) in [5.41, 5.74) is 12.1. The van der Waals surface area contributed by atoms with Gasteiger partial charge in [0.15, 0.2) is 0 Å². The predicted octanol–water partition coefficient (Wildman–Crippen LogP) is 9.44. The van der Waals surface area contributed by atoms with Crippen LogP contribution in [0, 0.1) is 0 Å². The lowest BCUT2D eigenvalue weighted by Crippen LogP contribution is -2.20. The van der Waals surface area contributed by atoms with E-state index in [1.165, 1.54) is 38.6 Å². The van der Waals surface area contributed by atoms with E-state index >= 15 is 0 Å². The van der Waals surface area contributed by atoms with Gasteiger partial charge in [0.2, 0.25) is 5.95 Å². The topological polar surface area (TPSA) is 35.6 Å². The monoisotopic (exact) mass is 554 g/mol. The normalized spacial score (nSPS) is 15.7. The Balaban J connectivity index is 1.35. The fraction of sp³-hybridized carbons (Fsp3) is 0.128. The highest BCUT2D eigenvalue weighted by Gasteiger charge is 2.41. The predicted molar refractivity (Wildman–Crippen MR) is 177 cm³/mol. The number of allylic oxidation sites excluding steroid dienone is 4. The molecule has 3 heterocycles. The minimum absolute atomic E-state index is 0.121. The number of fused-ring (bicyclic) bond motifs is 6. The van der Waals surface area contributed by atoms with Crippen molar-refractivity contribution in [1.29, 1.82) is 0 Å². The van der Waals surface area contributed by atoms with Gasteiger partial charge in [0.05, 0.1) is 22.2 Å². The average Bonchev–Trinajstić information content (AvgIpc) is 3.70. The molecule has 0 unspecified atom stereocenters. The largest absolute Gasteiger partial charge is 0.321 e. The molecule has 2 aliphatic carbocycles. The molecule has 43 heavy (non-hydrogen) atoms. The molecule has 206 valence electrons. The first-order valence-corrected chi connectivity index (χ1v) is 15.1. The molecular weight excluding hydrogens is 524 g/mol. The van der Waals surface area contributed by atoms with Gasteiger partial charge in [0.1, 0.15) is 0 Å². The first-order valence-electron chi connectivity index (χ1n) is 15.1. The Labute approximate surface area is 250 Å². The van der Waals surface area contributed by atoms with Gasteiger partial charge in [-0.25, -0.2) is 9.97 Å². The van der Waals surface area contributed by atoms with E-state index in [2.05, 4.69) is 145 Å². The lowest BCUT2D eigenvalue weighted by atomic mass is 9.75. The summed E-state index contributed by atoms with van der Waals surface area (Å²) >= 11 is 0. The van der Waals surface area contributed by atoms with Gasteiger partial charge in [-0.2, -0.15) is 0 Å². The third kappa shape index (κ3) is 3.44. The molecule has 0 bridgehead atoms. The van der Waals surface area contributed by atoms with Crippen LogP contribution in [0.15, 0.2) is 127 Å². The number of para-hydroxylation sites is 3. The molecule has 2 aliphatic rings. The zero-order valence-corrected chi connectivity index (χ0v) is 24.3. The smallest absolute Gasteiger partial charge is 0.235 e. The number of nitrogens with zero attached hydrogens (tertiary/aromatic N) is 4. The second-order valence-corrected chi connectivity index (χ2v) is 12.2. The van der Waals surface area contributed by atoms with Gasteiger partial charge in [-0.3, -0.25) is 4.57 Å². The third-order valence-corrected chi connectivity index (χ3v) is 9.45. The minimum Gasteiger partial charge on any atom is -0.321 e. The highest BCUT2D eigenvalue weighted by atomic mass is 15.2. The molecule has 0 amide bonds. The van der Waals surface area contributed by atoms with E-state index in [-0.39, 0.29) is 5.41 Å². The molecule has 0 N–H and O–H groups in total. The van der Waals surface area contributed by atoms with E-state index in [1.807, 2.05) is 0 Å². The Morgan fingerprint density at radius 3 is 2.12 bits per heavy atom. The van der Waals surface area contributed by atoms with Crippen molar-refractivity contribution in [2.75, 3.05) is 0 Å². The highest BCUT2D eigenvalue weighted by molar-refractivity contribution is 6.09. The summed E-state index contributed by atoms with van der Waals surface area (Å²) in [4.78, 5) is 10.8. The SMILES string of the molecule is CC1(C)C2=C(CCC=C2c2nc(-n3c4ccccc4c4ccccc43)nc3cn(-c4ccccc4)cc23)c2ccccc21. The van der Waals surface area contributed by atoms with Gasteiger partial charge >= 0.3 is 0 Å². The molecule has 7 aromatic rings. The van der Waals surface area contributed by atoms with Crippen molar-refractivity contribution in [2.24, 2.45) is 0 Å². The minimum atomic E-state index is -0.121. The molecule has 0 spiro atoms. The number of benzene rings is 4. The first-order chi connectivity index (χ1) is 21.1. The Hall–Kier alpha value is -5.22. The molecule has 0 radical (unpaired) electrons. The van der Waals surface area contributed by atoms with E-state index in [4.69, 9.17) is 9.97 Å². The third-order valence-electron chi connectivity index (χ3n) is 9.45. The second kappa shape index (κ2) is 8.89. The lowest BCUT2D eigenvalue weighted by molar-refractivity contribution is 0.655. The molecule has 3 aromatic heterocycles. The van der Waals surface area contributed by atoms with Crippen LogP contribution in [-0.4, -0.2) is 19.1 Å². The van der Waals surface area contributed by atoms with E-state index in [0.29, 0.717) is 5.95 Å². The second-order valence-electron chi connectivity index (χ2n) is 12.2. The Morgan fingerprint density at radius 1 is 0.674 bits per heavy atom. The van der Waals surface area contributed by atoms with Crippen LogP contribution in [0.1, 0.15) is 43.5 Å². The zero-order chi connectivity index (χ0) is 28.7. The van der Waals surface area contributed by atoms with Gasteiger partial charge in [0, 0.05) is 45.2 Å². The van der Waals surface area contributed by atoms with Crippen molar-refractivity contribution >= 4 is 43.9 Å². The van der Waals surface area contributed by atoms with Gasteiger partial charge in [-0.15, -0.1) is 0 Å². The van der Waals surface area contributed by atoms with Gasteiger partial charge in [-0.1, -0.05) is 98.8 Å². The molecular formula is C39H30N4. The van der Waals surface area contributed by atoms with Crippen LogP contribution >= 0.6 is 0 Å². The molecule has 9 rings (SSSR count). The Kier molecular flexibility index (Phi) is 5.04. The molecule has 0 aliphatic heterocycles. The summed E-state index contributed by atoms with van der Waals surface area (Å²) < 4.78 is 4.42. The van der Waals surface area contributed by atoms with Crippen molar-refractivity contribution < 1.29 is 0 Å². The van der Waals surface area contributed by atoms with Crippen molar-refractivity contribution in [2.45, 2.75) is 32.1 Å². The maximum absolute atomic E-state index is 5.50. The fourth-order valence-corrected chi connectivity index (χ4v) is 7.58. The van der Waals surface area contributed by atoms with Crippen molar-refractivity contribution in [3.63, 3.8) is 0 Å². The summed E-state index contributed by atoms with van der Waals surface area (Å²) in [5.74, 6) is 0.702. The van der Waals surface area contributed by atoms with Crippen LogP contribution in [0.4, 0.5) is 0 Å². The van der Waals surface area contributed by atoms with Gasteiger partial charge < -0.3 is 4.57 Å². The maximum atomic E-state index is 5.50. The van der Waals surface area contributed by atoms with Crippen LogP contribution in [0.3, 0.4) is 0 Å². The number of hydrogen-bond acceptors (Lipinski definition) is 2. The Morgan fingerprint density at radius 2 is 1.35 bits per heavy atom. The summed E-state index contributed by atoms with van der Waals surface area (Å²) in [6.07, 6.45) is 8.83. The Bertz CT molecular complexity index is 2260. The molecule has 0 atom stereocenters. The highest BCUT2D eigenvalue weighted by Crippen LogP contribution is 2.55. The summed E-state index contributed by atoms with van der Waals surface area (Å²) in [6.45, 7) is 4.74. The van der Waals surface area contributed by atoms with E-state index in [9.17, 15) is 0 Å². The maximum Gasteiger partial charge on any atom is 0.235 e. The van der Waals surface area contributed by atoms with Crippen molar-refractivity contribution in [3.8, 4) is 11.6 Å². The first kappa shape index (κ1) is 24.4. The average molecular weight is 555 g/mol. The van der Waals surface area contributed by atoms with E-state index in [0.717, 1.165) is 46.2 Å². The summed E-state index contributed by atoms with van der Waals surface area (Å²) in [6, 6.07) is 36.6. The van der Waals surface area contributed by atoms with E-state index < -0.39 is 0 Å². The molecule has 0 saturated carbocycles. The molecule has 0 saturated heterocycles. The van der Waals surface area contributed by atoms with Crippen LogP contribution in [0.25, 0.3) is 55.5 Å². The van der Waals surface area contributed by atoms with Crippen LogP contribution in [0.2, 0.25) is 0 Å². The van der Waals surface area contributed by atoms with Gasteiger partial charge in [-0.05, 0) is 59.4 Å². The fourth-order valence-electron chi connectivity index (χ4n) is 7.58. The van der Waals surface area contributed by atoms with Crippen LogP contribution in [0.5, 0.6) is 0 Å². The molecule has 4 heteroatoms. The number of rotatable bonds is 3. The zero-order valence-electron chi connectivity index (χ0n) is 24.3. The van der Waals surface area contributed by atoms with Crippen molar-refractivity contribution in [3.05, 3.63) is 144 Å². The molecule has 4 nitrogen and oxygen atoms in total. The van der Waals surface area contributed by atoms with Gasteiger partial charge in [0.25, 0.3) is 0 Å². The standard InChI is InChI=1S/C39H30N4/c1-39(2)32-20-9-6-15-26(32)29-18-12-19-30(36(29)39)37-31-23-42(25-13-4-3-5-14-25)24-33(31)40-38(41-37)43-34-21-10-7-16-27(34)28-17-8-11-22-35(28)43/h3-11,13-17,19-24H,12,18H2,1-2H3. The quantitative estimate of drug-likeness (QED) is 0.218.